The van der Waals surface area contributed by atoms with Gasteiger partial charge in [0.25, 0.3) is 0 Å². The van der Waals surface area contributed by atoms with Crippen LogP contribution in [0.5, 0.6) is 0 Å². The molecule has 2 aromatic rings. The van der Waals surface area contributed by atoms with Crippen LogP contribution in [-0.2, 0) is 4.79 Å². The zero-order valence-electron chi connectivity index (χ0n) is 7.46. The van der Waals surface area contributed by atoms with Crippen molar-refractivity contribution < 1.29 is 9.21 Å². The maximum absolute atomic E-state index is 10.8. The molecule has 2 N–H and O–H groups in total. The Kier molecular flexibility index (Phi) is 1.85. The van der Waals surface area contributed by atoms with E-state index in [0.717, 1.165) is 0 Å². The molecule has 0 aliphatic heterocycles. The van der Waals surface area contributed by atoms with E-state index < -0.39 is 5.76 Å². The topological polar surface area (TPSA) is 75.1 Å². The summed E-state index contributed by atoms with van der Waals surface area (Å²) in [5.74, 6) is -0.665. The third kappa shape index (κ3) is 1.52. The summed E-state index contributed by atoms with van der Waals surface area (Å²) in [5.41, 5.74) is 1.65. The van der Waals surface area contributed by atoms with Crippen LogP contribution in [0.4, 0.5) is 5.69 Å². The third-order valence-corrected chi connectivity index (χ3v) is 1.74. The van der Waals surface area contributed by atoms with E-state index in [-0.39, 0.29) is 5.91 Å². The zero-order chi connectivity index (χ0) is 10.1. The van der Waals surface area contributed by atoms with Crippen LogP contribution in [0.1, 0.15) is 6.92 Å². The number of aromatic nitrogens is 1. The molecule has 0 atom stereocenters. The van der Waals surface area contributed by atoms with Gasteiger partial charge >= 0.3 is 5.76 Å². The van der Waals surface area contributed by atoms with Crippen molar-refractivity contribution in [1.29, 1.82) is 0 Å². The number of hydrogen-bond donors (Lipinski definition) is 2. The molecule has 0 spiro atoms. The predicted molar refractivity (Wildman–Crippen MR) is 51.1 cm³/mol. The van der Waals surface area contributed by atoms with Crippen molar-refractivity contribution in [3.05, 3.63) is 28.7 Å². The molecule has 14 heavy (non-hydrogen) atoms. The Morgan fingerprint density at radius 1 is 1.50 bits per heavy atom. The molecular formula is C9H8N2O3. The Hall–Kier alpha value is -2.04. The molecule has 0 saturated carbocycles. The van der Waals surface area contributed by atoms with Crippen LogP contribution in [0.15, 0.2) is 27.4 Å². The average molecular weight is 192 g/mol. The molecule has 5 heteroatoms. The number of hydrogen-bond acceptors (Lipinski definition) is 3. The summed E-state index contributed by atoms with van der Waals surface area (Å²) in [5, 5.41) is 2.59. The first-order valence-electron chi connectivity index (χ1n) is 4.05. The van der Waals surface area contributed by atoms with Crippen molar-refractivity contribution in [1.82, 2.24) is 4.98 Å². The van der Waals surface area contributed by atoms with Crippen molar-refractivity contribution >= 4 is 22.7 Å². The second kappa shape index (κ2) is 3.02. The Morgan fingerprint density at radius 2 is 2.29 bits per heavy atom. The Labute approximate surface area is 78.7 Å². The van der Waals surface area contributed by atoms with Gasteiger partial charge in [-0.2, -0.15) is 0 Å². The van der Waals surface area contributed by atoms with E-state index in [1.165, 1.54) is 6.92 Å². The van der Waals surface area contributed by atoms with Crippen molar-refractivity contribution in [3.63, 3.8) is 0 Å². The number of anilines is 1. The van der Waals surface area contributed by atoms with Crippen LogP contribution in [-0.4, -0.2) is 10.9 Å². The first kappa shape index (κ1) is 8.55. The Balaban J connectivity index is 2.50. The van der Waals surface area contributed by atoms with E-state index in [2.05, 4.69) is 10.3 Å². The van der Waals surface area contributed by atoms with Crippen molar-refractivity contribution in [2.24, 2.45) is 0 Å². The van der Waals surface area contributed by atoms with Crippen LogP contribution < -0.4 is 11.1 Å². The molecule has 1 aromatic carbocycles. The zero-order valence-corrected chi connectivity index (χ0v) is 7.46. The smallest absolute Gasteiger partial charge is 0.408 e. The molecule has 2 rings (SSSR count). The lowest BCUT2D eigenvalue weighted by Gasteiger charge is -1.99. The summed E-state index contributed by atoms with van der Waals surface area (Å²) >= 11 is 0. The summed E-state index contributed by atoms with van der Waals surface area (Å²) in [6.07, 6.45) is 0. The van der Waals surface area contributed by atoms with Gasteiger partial charge in [0.1, 0.15) is 0 Å². The van der Waals surface area contributed by atoms with Gasteiger partial charge in [0, 0.05) is 18.7 Å². The Bertz CT molecular complexity index is 538. The van der Waals surface area contributed by atoms with Gasteiger partial charge < -0.3 is 9.73 Å². The fourth-order valence-electron chi connectivity index (χ4n) is 1.23. The number of fused-ring (bicyclic) bond motifs is 1. The number of benzene rings is 1. The minimum Gasteiger partial charge on any atom is -0.408 e. The second-order valence-electron chi connectivity index (χ2n) is 2.91. The maximum Gasteiger partial charge on any atom is 0.417 e. The molecule has 0 aliphatic carbocycles. The molecular weight excluding hydrogens is 184 g/mol. The first-order valence-corrected chi connectivity index (χ1v) is 4.05. The van der Waals surface area contributed by atoms with E-state index in [9.17, 15) is 9.59 Å². The van der Waals surface area contributed by atoms with Gasteiger partial charge in [0.2, 0.25) is 5.91 Å². The second-order valence-corrected chi connectivity index (χ2v) is 2.91. The number of oxazole rings is 1. The lowest BCUT2D eigenvalue weighted by atomic mass is 10.3. The molecule has 0 radical (unpaired) electrons. The molecule has 1 amide bonds. The van der Waals surface area contributed by atoms with Gasteiger partial charge in [-0.05, 0) is 12.1 Å². The molecule has 72 valence electrons. The maximum atomic E-state index is 10.8. The number of carbonyl (C=O) groups excluding carboxylic acids is 1. The molecule has 1 heterocycles. The van der Waals surface area contributed by atoms with Gasteiger partial charge in [-0.1, -0.05) is 0 Å². The molecule has 5 nitrogen and oxygen atoms in total. The van der Waals surface area contributed by atoms with E-state index >= 15 is 0 Å². The normalized spacial score (nSPS) is 10.4. The monoisotopic (exact) mass is 192 g/mol. The third-order valence-electron chi connectivity index (χ3n) is 1.74. The minimum atomic E-state index is -0.500. The molecule has 0 aliphatic rings. The number of H-pyrrole nitrogens is 1. The molecule has 0 unspecified atom stereocenters. The highest BCUT2D eigenvalue weighted by Crippen LogP contribution is 2.15. The van der Waals surface area contributed by atoms with Crippen LogP contribution in [0, 0.1) is 0 Å². The van der Waals surface area contributed by atoms with Crippen LogP contribution in [0.2, 0.25) is 0 Å². The van der Waals surface area contributed by atoms with Crippen molar-refractivity contribution in [3.8, 4) is 0 Å². The van der Waals surface area contributed by atoms with Gasteiger partial charge in [0.05, 0.1) is 5.52 Å². The Morgan fingerprint density at radius 3 is 3.00 bits per heavy atom. The highest BCUT2D eigenvalue weighted by atomic mass is 16.4. The van der Waals surface area contributed by atoms with E-state index in [1.807, 2.05) is 0 Å². The van der Waals surface area contributed by atoms with Gasteiger partial charge in [-0.3, -0.25) is 9.78 Å². The van der Waals surface area contributed by atoms with E-state index in [1.54, 1.807) is 18.2 Å². The van der Waals surface area contributed by atoms with Crippen molar-refractivity contribution in [2.45, 2.75) is 6.92 Å². The largest absolute Gasteiger partial charge is 0.417 e. The average Bonchev–Trinajstić information content (AvgIpc) is 2.42. The molecule has 0 saturated heterocycles. The van der Waals surface area contributed by atoms with E-state index in [4.69, 9.17) is 4.42 Å². The predicted octanol–water partition coefficient (Wildman–Crippen LogP) is 1.08. The highest BCUT2D eigenvalue weighted by Gasteiger charge is 2.02. The number of amides is 1. The fraction of sp³-hybridized carbons (Fsp3) is 0.111. The van der Waals surface area contributed by atoms with Crippen LogP contribution in [0.25, 0.3) is 11.1 Å². The SMILES string of the molecule is CC(=O)Nc1ccc2[nH]c(=O)oc2c1. The van der Waals surface area contributed by atoms with Gasteiger partial charge in [0.15, 0.2) is 5.58 Å². The summed E-state index contributed by atoms with van der Waals surface area (Å²) in [4.78, 5) is 24.1. The number of aromatic amines is 1. The molecule has 0 bridgehead atoms. The number of carbonyl (C=O) groups is 1. The van der Waals surface area contributed by atoms with E-state index in [0.29, 0.717) is 16.8 Å². The van der Waals surface area contributed by atoms with Crippen LogP contribution in [0.3, 0.4) is 0 Å². The summed E-state index contributed by atoms with van der Waals surface area (Å²) < 4.78 is 4.83. The number of rotatable bonds is 1. The lowest BCUT2D eigenvalue weighted by molar-refractivity contribution is -0.114. The summed E-state index contributed by atoms with van der Waals surface area (Å²) in [6, 6.07) is 4.95. The summed E-state index contributed by atoms with van der Waals surface area (Å²) in [7, 11) is 0. The minimum absolute atomic E-state index is 0.165. The fourth-order valence-corrected chi connectivity index (χ4v) is 1.23. The summed E-state index contributed by atoms with van der Waals surface area (Å²) in [6.45, 7) is 1.41. The molecule has 0 fully saturated rings. The quantitative estimate of drug-likeness (QED) is 0.709. The van der Waals surface area contributed by atoms with Gasteiger partial charge in [-0.25, -0.2) is 4.79 Å². The van der Waals surface area contributed by atoms with Crippen LogP contribution >= 0.6 is 0 Å². The first-order chi connectivity index (χ1) is 6.65. The standard InChI is InChI=1S/C9H8N2O3/c1-5(12)10-6-2-3-7-8(4-6)14-9(13)11-7/h2-4H,1H3,(H,10,12)(H,11,13). The van der Waals surface area contributed by atoms with Gasteiger partial charge in [-0.15, -0.1) is 0 Å². The number of nitrogens with one attached hydrogen (secondary N) is 2. The van der Waals surface area contributed by atoms with Crippen molar-refractivity contribution in [2.75, 3.05) is 5.32 Å². The lowest BCUT2D eigenvalue weighted by Crippen LogP contribution is -2.05. The molecule has 1 aromatic heterocycles. The highest BCUT2D eigenvalue weighted by molar-refractivity contribution is 5.90.